The summed E-state index contributed by atoms with van der Waals surface area (Å²) in [5.41, 5.74) is 2.35. The van der Waals surface area contributed by atoms with E-state index in [-0.39, 0.29) is 0 Å². The quantitative estimate of drug-likeness (QED) is 0.592. The number of nitrogens with zero attached hydrogens (tertiary/aromatic N) is 1. The van der Waals surface area contributed by atoms with Gasteiger partial charge < -0.3 is 0 Å². The van der Waals surface area contributed by atoms with Crippen molar-refractivity contribution in [2.75, 3.05) is 0 Å². The Hall–Kier alpha value is -0.670. The van der Waals surface area contributed by atoms with E-state index in [2.05, 4.69) is 52.5 Å². The molecule has 0 N–H and O–H groups in total. The second-order valence-electron chi connectivity index (χ2n) is 6.09. The normalized spacial score (nSPS) is 22.4. The summed E-state index contributed by atoms with van der Waals surface area (Å²) in [6.45, 7) is 2.30. The molecular weight excluding hydrogens is 342 g/mol. The molecule has 1 aliphatic carbocycles. The van der Waals surface area contributed by atoms with Crippen molar-refractivity contribution >= 4 is 27.3 Å². The van der Waals surface area contributed by atoms with Gasteiger partial charge in [0.1, 0.15) is 0 Å². The molecule has 1 heterocycles. The highest BCUT2D eigenvalue weighted by atomic mass is 79.9. The topological polar surface area (TPSA) is 12.9 Å². The molecule has 1 aliphatic rings. The zero-order valence-electron chi connectivity index (χ0n) is 12.5. The third kappa shape index (κ3) is 3.75. The van der Waals surface area contributed by atoms with E-state index in [1.165, 1.54) is 49.1 Å². The van der Waals surface area contributed by atoms with Crippen LogP contribution in [0.5, 0.6) is 0 Å². The van der Waals surface area contributed by atoms with Crippen molar-refractivity contribution in [2.24, 2.45) is 5.92 Å². The van der Waals surface area contributed by atoms with Crippen LogP contribution in [0.1, 0.15) is 56.4 Å². The van der Waals surface area contributed by atoms with Gasteiger partial charge in [0, 0.05) is 21.3 Å². The van der Waals surface area contributed by atoms with E-state index in [1.54, 1.807) is 0 Å². The maximum Gasteiger partial charge on any atom is 0.0963 e. The lowest BCUT2D eigenvalue weighted by atomic mass is 9.80. The highest BCUT2D eigenvalue weighted by Gasteiger charge is 2.24. The largest absolute Gasteiger partial charge is 0.241 e. The SMILES string of the molecule is CCCC1CCC(c2nc(-c3cccc(Br)c3)cs2)CC1. The average Bonchev–Trinajstić information content (AvgIpc) is 2.98. The Morgan fingerprint density at radius 1 is 1.24 bits per heavy atom. The van der Waals surface area contributed by atoms with E-state index in [9.17, 15) is 0 Å². The Morgan fingerprint density at radius 3 is 2.76 bits per heavy atom. The number of hydrogen-bond donors (Lipinski definition) is 0. The predicted octanol–water partition coefficient (Wildman–Crippen LogP) is 6.65. The standard InChI is InChI=1S/C18H22BrNS/c1-2-4-13-7-9-14(10-8-13)18-20-17(12-21-18)15-5-3-6-16(19)11-15/h3,5-6,11-14H,2,4,7-10H2,1H3. The molecule has 0 amide bonds. The van der Waals surface area contributed by atoms with Crippen LogP contribution in [-0.4, -0.2) is 4.98 Å². The third-order valence-electron chi connectivity index (χ3n) is 4.54. The molecule has 3 rings (SSSR count). The van der Waals surface area contributed by atoms with Gasteiger partial charge in [-0.25, -0.2) is 4.98 Å². The fourth-order valence-corrected chi connectivity index (χ4v) is 4.76. The average molecular weight is 364 g/mol. The fourth-order valence-electron chi connectivity index (χ4n) is 3.36. The van der Waals surface area contributed by atoms with Gasteiger partial charge in [0.15, 0.2) is 0 Å². The molecule has 1 nitrogen and oxygen atoms in total. The molecule has 0 unspecified atom stereocenters. The van der Waals surface area contributed by atoms with E-state index in [4.69, 9.17) is 4.98 Å². The lowest BCUT2D eigenvalue weighted by Gasteiger charge is -2.26. The van der Waals surface area contributed by atoms with E-state index >= 15 is 0 Å². The summed E-state index contributed by atoms with van der Waals surface area (Å²) in [6.07, 6.45) is 8.19. The number of halogens is 1. The van der Waals surface area contributed by atoms with Crippen LogP contribution in [0, 0.1) is 5.92 Å². The Morgan fingerprint density at radius 2 is 2.05 bits per heavy atom. The van der Waals surface area contributed by atoms with Gasteiger partial charge in [-0.15, -0.1) is 11.3 Å². The molecule has 0 saturated heterocycles. The minimum atomic E-state index is 0.698. The second-order valence-corrected chi connectivity index (χ2v) is 7.89. The summed E-state index contributed by atoms with van der Waals surface area (Å²) in [5, 5.41) is 3.56. The molecule has 112 valence electrons. The van der Waals surface area contributed by atoms with Crippen LogP contribution in [0.25, 0.3) is 11.3 Å². The summed E-state index contributed by atoms with van der Waals surface area (Å²) in [4.78, 5) is 4.91. The van der Waals surface area contributed by atoms with Gasteiger partial charge in [-0.05, 0) is 43.7 Å². The second kappa shape index (κ2) is 7.06. The van der Waals surface area contributed by atoms with Gasteiger partial charge in [0.25, 0.3) is 0 Å². The number of hydrogen-bond acceptors (Lipinski definition) is 2. The number of aromatic nitrogens is 1. The molecule has 1 saturated carbocycles. The van der Waals surface area contributed by atoms with Gasteiger partial charge in [0.05, 0.1) is 10.7 Å². The lowest BCUT2D eigenvalue weighted by Crippen LogP contribution is -2.13. The highest BCUT2D eigenvalue weighted by molar-refractivity contribution is 9.10. The van der Waals surface area contributed by atoms with E-state index in [0.717, 1.165) is 16.1 Å². The first-order valence-electron chi connectivity index (χ1n) is 7.97. The van der Waals surface area contributed by atoms with Crippen LogP contribution in [0.15, 0.2) is 34.1 Å². The first-order valence-corrected chi connectivity index (χ1v) is 9.65. The molecule has 3 heteroatoms. The maximum absolute atomic E-state index is 4.91. The predicted molar refractivity (Wildman–Crippen MR) is 94.9 cm³/mol. The van der Waals surface area contributed by atoms with Crippen molar-refractivity contribution in [3.8, 4) is 11.3 Å². The molecule has 1 fully saturated rings. The monoisotopic (exact) mass is 363 g/mol. The van der Waals surface area contributed by atoms with Gasteiger partial charge >= 0.3 is 0 Å². The maximum atomic E-state index is 4.91. The minimum absolute atomic E-state index is 0.698. The van der Waals surface area contributed by atoms with Crippen LogP contribution in [0.4, 0.5) is 0 Å². The summed E-state index contributed by atoms with van der Waals surface area (Å²) < 4.78 is 1.12. The molecule has 0 spiro atoms. The third-order valence-corrected chi connectivity index (χ3v) is 6.04. The van der Waals surface area contributed by atoms with Gasteiger partial charge in [-0.3, -0.25) is 0 Å². The van der Waals surface area contributed by atoms with Crippen molar-refractivity contribution in [1.29, 1.82) is 0 Å². The molecule has 2 aromatic rings. The lowest BCUT2D eigenvalue weighted by molar-refractivity contribution is 0.308. The van der Waals surface area contributed by atoms with Crippen LogP contribution < -0.4 is 0 Å². The molecule has 0 aliphatic heterocycles. The summed E-state index contributed by atoms with van der Waals surface area (Å²) in [5.74, 6) is 1.67. The molecule has 21 heavy (non-hydrogen) atoms. The van der Waals surface area contributed by atoms with Crippen LogP contribution >= 0.6 is 27.3 Å². The Balaban J connectivity index is 1.68. The number of rotatable bonds is 4. The molecular formula is C18H22BrNS. The van der Waals surface area contributed by atoms with Crippen molar-refractivity contribution < 1.29 is 0 Å². The molecule has 1 aromatic carbocycles. The number of thiazole rings is 1. The molecule has 0 atom stereocenters. The smallest absolute Gasteiger partial charge is 0.0963 e. The van der Waals surface area contributed by atoms with Crippen LogP contribution in [-0.2, 0) is 0 Å². The number of benzene rings is 1. The molecule has 0 bridgehead atoms. The Labute approximate surface area is 139 Å². The minimum Gasteiger partial charge on any atom is -0.241 e. The Kier molecular flexibility index (Phi) is 5.12. The van der Waals surface area contributed by atoms with Crippen molar-refractivity contribution in [3.05, 3.63) is 39.1 Å². The summed E-state index contributed by atoms with van der Waals surface area (Å²) >= 11 is 5.38. The van der Waals surface area contributed by atoms with E-state index in [1.807, 2.05) is 11.3 Å². The van der Waals surface area contributed by atoms with E-state index < -0.39 is 0 Å². The molecule has 0 radical (unpaired) electrons. The summed E-state index contributed by atoms with van der Waals surface area (Å²) in [7, 11) is 0. The fraction of sp³-hybridized carbons (Fsp3) is 0.500. The molecule has 1 aromatic heterocycles. The van der Waals surface area contributed by atoms with E-state index in [0.29, 0.717) is 5.92 Å². The van der Waals surface area contributed by atoms with Crippen LogP contribution in [0.2, 0.25) is 0 Å². The van der Waals surface area contributed by atoms with Gasteiger partial charge in [0.2, 0.25) is 0 Å². The summed E-state index contributed by atoms with van der Waals surface area (Å²) in [6, 6.07) is 8.43. The van der Waals surface area contributed by atoms with Gasteiger partial charge in [-0.2, -0.15) is 0 Å². The first-order chi connectivity index (χ1) is 10.3. The Bertz CT molecular complexity index is 584. The highest BCUT2D eigenvalue weighted by Crippen LogP contribution is 2.39. The van der Waals surface area contributed by atoms with Crippen LogP contribution in [0.3, 0.4) is 0 Å². The first kappa shape index (κ1) is 15.2. The van der Waals surface area contributed by atoms with Gasteiger partial charge in [-0.1, -0.05) is 47.8 Å². The zero-order valence-corrected chi connectivity index (χ0v) is 14.9. The van der Waals surface area contributed by atoms with Crippen molar-refractivity contribution in [2.45, 2.75) is 51.4 Å². The van der Waals surface area contributed by atoms with Crippen molar-refractivity contribution in [1.82, 2.24) is 4.98 Å². The zero-order chi connectivity index (χ0) is 14.7. The van der Waals surface area contributed by atoms with Crippen molar-refractivity contribution in [3.63, 3.8) is 0 Å².